The lowest BCUT2D eigenvalue weighted by Crippen LogP contribution is -2.40. The van der Waals surface area contributed by atoms with Gasteiger partial charge in [0.25, 0.3) is 0 Å². The molecule has 0 radical (unpaired) electrons. The fraction of sp³-hybridized carbons (Fsp3) is 0.333. The first-order valence-electron chi connectivity index (χ1n) is 6.79. The fourth-order valence-corrected chi connectivity index (χ4v) is 2.08. The van der Waals surface area contributed by atoms with Gasteiger partial charge in [-0.1, -0.05) is 6.07 Å². The van der Waals surface area contributed by atoms with Gasteiger partial charge in [-0.2, -0.15) is 0 Å². The molecule has 1 heterocycles. The van der Waals surface area contributed by atoms with Crippen molar-refractivity contribution in [3.8, 4) is 0 Å². The van der Waals surface area contributed by atoms with Crippen molar-refractivity contribution in [3.05, 3.63) is 30.5 Å². The Morgan fingerprint density at radius 3 is 2.76 bits per heavy atom. The summed E-state index contributed by atoms with van der Waals surface area (Å²) in [5.74, 6) is -1.42. The summed E-state index contributed by atoms with van der Waals surface area (Å²) >= 11 is 0. The molecule has 0 saturated carbocycles. The Hall–Kier alpha value is -2.34. The third-order valence-corrected chi connectivity index (χ3v) is 3.29. The van der Waals surface area contributed by atoms with Crippen LogP contribution in [0.3, 0.4) is 0 Å². The first kappa shape index (κ1) is 15.1. The molecule has 21 heavy (non-hydrogen) atoms. The Balaban J connectivity index is 2.03. The maximum Gasteiger partial charge on any atom is 0.313 e. The molecule has 0 aliphatic carbocycles. The van der Waals surface area contributed by atoms with Crippen LogP contribution in [0.15, 0.2) is 30.5 Å². The molecule has 0 saturated heterocycles. The lowest BCUT2D eigenvalue weighted by atomic mass is 10.2. The van der Waals surface area contributed by atoms with Gasteiger partial charge in [0.1, 0.15) is 0 Å². The van der Waals surface area contributed by atoms with Crippen molar-refractivity contribution < 1.29 is 14.7 Å². The lowest BCUT2D eigenvalue weighted by molar-refractivity contribution is -0.136. The largest absolute Gasteiger partial charge is 0.396 e. The molecular formula is C15H19N3O3. The van der Waals surface area contributed by atoms with E-state index in [4.69, 9.17) is 5.11 Å². The number of hydrogen-bond donors (Lipinski definition) is 3. The van der Waals surface area contributed by atoms with Crippen LogP contribution < -0.4 is 10.6 Å². The number of aromatic nitrogens is 1. The summed E-state index contributed by atoms with van der Waals surface area (Å²) in [7, 11) is 1.91. The maximum absolute atomic E-state index is 11.8. The molecule has 6 heteroatoms. The van der Waals surface area contributed by atoms with E-state index in [9.17, 15) is 9.59 Å². The third-order valence-electron chi connectivity index (χ3n) is 3.29. The van der Waals surface area contributed by atoms with Crippen molar-refractivity contribution in [1.29, 1.82) is 0 Å². The monoisotopic (exact) mass is 289 g/mol. The van der Waals surface area contributed by atoms with Crippen molar-refractivity contribution in [2.45, 2.75) is 19.4 Å². The number of anilines is 1. The van der Waals surface area contributed by atoms with Crippen LogP contribution in [-0.4, -0.2) is 34.1 Å². The number of aryl methyl sites for hydroxylation is 1. The number of carbonyl (C=O) groups is 2. The van der Waals surface area contributed by atoms with E-state index in [1.54, 1.807) is 13.0 Å². The molecule has 0 unspecified atom stereocenters. The Kier molecular flexibility index (Phi) is 4.59. The number of benzene rings is 1. The number of amides is 2. The quantitative estimate of drug-likeness (QED) is 0.734. The number of aliphatic hydroxyl groups is 1. The van der Waals surface area contributed by atoms with E-state index in [0.29, 0.717) is 12.1 Å². The minimum Gasteiger partial charge on any atom is -0.396 e. The minimum absolute atomic E-state index is 0.0345. The van der Waals surface area contributed by atoms with Crippen molar-refractivity contribution in [2.75, 3.05) is 11.9 Å². The molecule has 1 atom stereocenters. The van der Waals surface area contributed by atoms with Gasteiger partial charge in [0, 0.05) is 37.1 Å². The number of rotatable bonds is 4. The number of hydrogen-bond acceptors (Lipinski definition) is 3. The topological polar surface area (TPSA) is 83.4 Å². The molecule has 0 aliphatic heterocycles. The van der Waals surface area contributed by atoms with Gasteiger partial charge in [-0.05, 0) is 36.9 Å². The Bertz CT molecular complexity index is 663. The molecule has 3 N–H and O–H groups in total. The molecule has 0 bridgehead atoms. The predicted molar refractivity (Wildman–Crippen MR) is 80.9 cm³/mol. The standard InChI is InChI=1S/C15H19N3O3/c1-10(6-8-19)16-14(20)15(21)17-12-4-3-11-5-7-18(2)13(11)9-12/h3-5,7,9-10,19H,6,8H2,1-2H3,(H,16,20)(H,17,21)/t10-/m1/s1. The lowest BCUT2D eigenvalue weighted by Gasteiger charge is -2.12. The summed E-state index contributed by atoms with van der Waals surface area (Å²) in [5.41, 5.74) is 1.54. The number of aliphatic hydroxyl groups excluding tert-OH is 1. The summed E-state index contributed by atoms with van der Waals surface area (Å²) < 4.78 is 1.94. The second-order valence-corrected chi connectivity index (χ2v) is 5.04. The van der Waals surface area contributed by atoms with Crippen LogP contribution in [0.1, 0.15) is 13.3 Å². The molecule has 1 aromatic carbocycles. The average molecular weight is 289 g/mol. The predicted octanol–water partition coefficient (Wildman–Crippen LogP) is 1.00. The molecule has 0 spiro atoms. The highest BCUT2D eigenvalue weighted by Gasteiger charge is 2.16. The summed E-state index contributed by atoms with van der Waals surface area (Å²) in [6.07, 6.45) is 2.34. The zero-order chi connectivity index (χ0) is 15.4. The molecule has 2 aromatic rings. The van der Waals surface area contributed by atoms with Crippen LogP contribution >= 0.6 is 0 Å². The first-order valence-corrected chi connectivity index (χ1v) is 6.79. The first-order chi connectivity index (χ1) is 10.0. The van der Waals surface area contributed by atoms with E-state index in [0.717, 1.165) is 10.9 Å². The average Bonchev–Trinajstić information content (AvgIpc) is 2.80. The molecule has 112 valence electrons. The van der Waals surface area contributed by atoms with E-state index in [1.165, 1.54) is 0 Å². The Labute approximate surface area is 122 Å². The molecule has 0 fully saturated rings. The van der Waals surface area contributed by atoms with Crippen molar-refractivity contribution >= 4 is 28.4 Å². The molecule has 2 rings (SSSR count). The van der Waals surface area contributed by atoms with Gasteiger partial charge in [-0.15, -0.1) is 0 Å². The van der Waals surface area contributed by atoms with Crippen molar-refractivity contribution in [2.24, 2.45) is 7.05 Å². The van der Waals surface area contributed by atoms with E-state index < -0.39 is 11.8 Å². The highest BCUT2D eigenvalue weighted by atomic mass is 16.3. The molecule has 6 nitrogen and oxygen atoms in total. The van der Waals surface area contributed by atoms with Crippen LogP contribution in [-0.2, 0) is 16.6 Å². The highest BCUT2D eigenvalue weighted by molar-refractivity contribution is 6.39. The van der Waals surface area contributed by atoms with Crippen LogP contribution in [0.5, 0.6) is 0 Å². The second-order valence-electron chi connectivity index (χ2n) is 5.04. The van der Waals surface area contributed by atoms with E-state index >= 15 is 0 Å². The summed E-state index contributed by atoms with van der Waals surface area (Å²) in [6, 6.07) is 7.19. The summed E-state index contributed by atoms with van der Waals surface area (Å²) in [5, 5.41) is 14.9. The summed E-state index contributed by atoms with van der Waals surface area (Å²) in [4.78, 5) is 23.5. The van der Waals surface area contributed by atoms with E-state index in [1.807, 2.05) is 36.0 Å². The highest BCUT2D eigenvalue weighted by Crippen LogP contribution is 2.19. The van der Waals surface area contributed by atoms with Crippen LogP contribution in [0.2, 0.25) is 0 Å². The maximum atomic E-state index is 11.8. The smallest absolute Gasteiger partial charge is 0.313 e. The van der Waals surface area contributed by atoms with Gasteiger partial charge in [-0.3, -0.25) is 9.59 Å². The molecule has 1 aromatic heterocycles. The van der Waals surface area contributed by atoms with Gasteiger partial charge in [0.05, 0.1) is 0 Å². The van der Waals surface area contributed by atoms with Crippen molar-refractivity contribution in [3.63, 3.8) is 0 Å². The molecule has 0 aliphatic rings. The van der Waals surface area contributed by atoms with Crippen molar-refractivity contribution in [1.82, 2.24) is 9.88 Å². The Morgan fingerprint density at radius 2 is 2.05 bits per heavy atom. The molecular weight excluding hydrogens is 270 g/mol. The normalized spacial score (nSPS) is 12.1. The zero-order valence-electron chi connectivity index (χ0n) is 12.1. The fourth-order valence-electron chi connectivity index (χ4n) is 2.08. The SMILES string of the molecule is C[C@H](CCO)NC(=O)C(=O)Nc1ccc2ccn(C)c2c1. The second kappa shape index (κ2) is 6.41. The van der Waals surface area contributed by atoms with Crippen LogP contribution in [0.4, 0.5) is 5.69 Å². The number of fused-ring (bicyclic) bond motifs is 1. The number of nitrogens with one attached hydrogen (secondary N) is 2. The Morgan fingerprint density at radius 1 is 1.29 bits per heavy atom. The number of carbonyl (C=O) groups excluding carboxylic acids is 2. The van der Waals surface area contributed by atoms with Gasteiger partial charge in [0.2, 0.25) is 0 Å². The van der Waals surface area contributed by atoms with Crippen LogP contribution in [0.25, 0.3) is 10.9 Å². The van der Waals surface area contributed by atoms with Gasteiger partial charge in [-0.25, -0.2) is 0 Å². The summed E-state index contributed by atoms with van der Waals surface area (Å²) in [6.45, 7) is 1.70. The van der Waals surface area contributed by atoms with E-state index in [2.05, 4.69) is 10.6 Å². The zero-order valence-corrected chi connectivity index (χ0v) is 12.1. The minimum atomic E-state index is -0.714. The number of nitrogens with zero attached hydrogens (tertiary/aromatic N) is 1. The van der Waals surface area contributed by atoms with Crippen LogP contribution in [0, 0.1) is 0 Å². The molecule has 2 amide bonds. The van der Waals surface area contributed by atoms with Gasteiger partial charge in [0.15, 0.2) is 0 Å². The van der Waals surface area contributed by atoms with E-state index in [-0.39, 0.29) is 12.6 Å². The van der Waals surface area contributed by atoms with Gasteiger partial charge >= 0.3 is 11.8 Å². The van der Waals surface area contributed by atoms with Gasteiger partial charge < -0.3 is 20.3 Å². The third kappa shape index (κ3) is 3.61.